The van der Waals surface area contributed by atoms with Crippen LogP contribution in [0.2, 0.25) is 0 Å². The zero-order valence-electron chi connectivity index (χ0n) is 10.6. The van der Waals surface area contributed by atoms with Crippen LogP contribution in [-0.4, -0.2) is 23.6 Å². The average Bonchev–Trinajstić information content (AvgIpc) is 2.29. The van der Waals surface area contributed by atoms with Crippen molar-refractivity contribution in [3.05, 3.63) is 0 Å². The highest BCUT2D eigenvalue weighted by molar-refractivity contribution is 7.99. The normalized spacial score (nSPS) is 29.0. The van der Waals surface area contributed by atoms with Crippen molar-refractivity contribution in [1.82, 2.24) is 5.32 Å². The van der Waals surface area contributed by atoms with Gasteiger partial charge < -0.3 is 5.32 Å². The molecule has 1 fully saturated rings. The van der Waals surface area contributed by atoms with E-state index < -0.39 is 0 Å². The number of nitrogens with one attached hydrogen (secondary N) is 1. The van der Waals surface area contributed by atoms with Gasteiger partial charge >= 0.3 is 0 Å². The molecule has 1 N–H and O–H groups in total. The number of rotatable bonds is 6. The summed E-state index contributed by atoms with van der Waals surface area (Å²) in [5, 5.41) is 4.77. The molecule has 3 atom stereocenters. The van der Waals surface area contributed by atoms with E-state index in [1.54, 1.807) is 0 Å². The Morgan fingerprint density at radius 1 is 1.33 bits per heavy atom. The Hall–Kier alpha value is 0.310. The Bertz CT molecular complexity index is 161. The first-order chi connectivity index (χ1) is 7.30. The zero-order chi connectivity index (χ0) is 11.1. The molecule has 1 nitrogen and oxygen atoms in total. The fourth-order valence-corrected chi connectivity index (χ4v) is 3.42. The minimum atomic E-state index is 0.764. The molecular weight excluding hydrogens is 202 g/mol. The van der Waals surface area contributed by atoms with Crippen LogP contribution in [0.25, 0.3) is 0 Å². The molecule has 1 rings (SSSR count). The lowest BCUT2D eigenvalue weighted by atomic mass is 9.93. The zero-order valence-corrected chi connectivity index (χ0v) is 11.4. The third-order valence-corrected chi connectivity index (χ3v) is 4.66. The molecule has 0 amide bonds. The molecule has 0 aromatic carbocycles. The van der Waals surface area contributed by atoms with Gasteiger partial charge in [-0.1, -0.05) is 26.7 Å². The summed E-state index contributed by atoms with van der Waals surface area (Å²) in [5.41, 5.74) is 0. The second-order valence-electron chi connectivity index (χ2n) is 4.78. The first-order valence-electron chi connectivity index (χ1n) is 6.59. The molecule has 0 aromatic rings. The molecule has 0 spiro atoms. The van der Waals surface area contributed by atoms with Gasteiger partial charge in [-0.2, -0.15) is 11.8 Å². The molecule has 1 aliphatic carbocycles. The molecule has 0 heterocycles. The maximum atomic E-state index is 3.86. The van der Waals surface area contributed by atoms with Gasteiger partial charge in [-0.3, -0.25) is 0 Å². The average molecular weight is 229 g/mol. The third-order valence-electron chi connectivity index (χ3n) is 3.56. The maximum Gasteiger partial charge on any atom is 0.00801 e. The van der Waals surface area contributed by atoms with Gasteiger partial charge in [0.05, 0.1) is 0 Å². The SMILES string of the molecule is CCCC(CC)NC1CCCC(SC)C1. The molecule has 0 radical (unpaired) electrons. The molecular formula is C13H27NS. The van der Waals surface area contributed by atoms with Crippen LogP contribution in [0.5, 0.6) is 0 Å². The van der Waals surface area contributed by atoms with Crippen molar-refractivity contribution in [1.29, 1.82) is 0 Å². The second kappa shape index (κ2) is 7.56. The van der Waals surface area contributed by atoms with E-state index in [1.165, 1.54) is 44.9 Å². The van der Waals surface area contributed by atoms with Crippen LogP contribution in [0, 0.1) is 0 Å². The predicted molar refractivity (Wildman–Crippen MR) is 71.7 cm³/mol. The highest BCUT2D eigenvalue weighted by atomic mass is 32.2. The summed E-state index contributed by atoms with van der Waals surface area (Å²) in [5.74, 6) is 0. The van der Waals surface area contributed by atoms with E-state index in [4.69, 9.17) is 0 Å². The lowest BCUT2D eigenvalue weighted by Crippen LogP contribution is -2.41. The summed E-state index contributed by atoms with van der Waals surface area (Å²) in [7, 11) is 0. The van der Waals surface area contributed by atoms with Crippen molar-refractivity contribution < 1.29 is 0 Å². The van der Waals surface area contributed by atoms with E-state index in [0.29, 0.717) is 0 Å². The summed E-state index contributed by atoms with van der Waals surface area (Å²) in [6, 6.07) is 1.56. The van der Waals surface area contributed by atoms with E-state index in [9.17, 15) is 0 Å². The van der Waals surface area contributed by atoms with Gasteiger partial charge in [0.25, 0.3) is 0 Å². The fourth-order valence-electron chi connectivity index (χ4n) is 2.60. The standard InChI is InChI=1S/C13H27NS/c1-4-7-11(5-2)14-12-8-6-9-13(10-12)15-3/h11-14H,4-10H2,1-3H3. The van der Waals surface area contributed by atoms with Gasteiger partial charge in [-0.05, 0) is 38.4 Å². The summed E-state index contributed by atoms with van der Waals surface area (Å²) in [6.45, 7) is 4.60. The number of hydrogen-bond acceptors (Lipinski definition) is 2. The highest BCUT2D eigenvalue weighted by Gasteiger charge is 2.22. The predicted octanol–water partition coefficient (Wildman–Crippen LogP) is 3.83. The van der Waals surface area contributed by atoms with E-state index in [-0.39, 0.29) is 0 Å². The monoisotopic (exact) mass is 229 g/mol. The summed E-state index contributed by atoms with van der Waals surface area (Å²) >= 11 is 2.06. The highest BCUT2D eigenvalue weighted by Crippen LogP contribution is 2.27. The van der Waals surface area contributed by atoms with Gasteiger partial charge in [0.1, 0.15) is 0 Å². The van der Waals surface area contributed by atoms with Crippen molar-refractivity contribution in [2.45, 2.75) is 76.1 Å². The lowest BCUT2D eigenvalue weighted by Gasteiger charge is -2.32. The largest absolute Gasteiger partial charge is 0.311 e. The van der Waals surface area contributed by atoms with Crippen molar-refractivity contribution in [3.63, 3.8) is 0 Å². The third kappa shape index (κ3) is 4.78. The Kier molecular flexibility index (Phi) is 6.74. The summed E-state index contributed by atoms with van der Waals surface area (Å²) < 4.78 is 0. The Morgan fingerprint density at radius 2 is 2.13 bits per heavy atom. The molecule has 1 saturated carbocycles. The van der Waals surface area contributed by atoms with Crippen LogP contribution in [0.4, 0.5) is 0 Å². The minimum absolute atomic E-state index is 0.764. The molecule has 0 aromatic heterocycles. The molecule has 0 aliphatic heterocycles. The minimum Gasteiger partial charge on any atom is -0.311 e. The summed E-state index contributed by atoms with van der Waals surface area (Å²) in [4.78, 5) is 0. The molecule has 1 aliphatic rings. The lowest BCUT2D eigenvalue weighted by molar-refractivity contribution is 0.326. The van der Waals surface area contributed by atoms with Crippen LogP contribution in [-0.2, 0) is 0 Å². The molecule has 3 unspecified atom stereocenters. The van der Waals surface area contributed by atoms with Gasteiger partial charge in [0.2, 0.25) is 0 Å². The summed E-state index contributed by atoms with van der Waals surface area (Å²) in [6.07, 6.45) is 11.8. The molecule has 15 heavy (non-hydrogen) atoms. The van der Waals surface area contributed by atoms with Crippen molar-refractivity contribution in [2.24, 2.45) is 0 Å². The number of thioether (sulfide) groups is 1. The van der Waals surface area contributed by atoms with Crippen molar-refractivity contribution >= 4 is 11.8 Å². The van der Waals surface area contributed by atoms with E-state index in [2.05, 4.69) is 37.2 Å². The molecule has 2 heteroatoms. The number of hydrogen-bond donors (Lipinski definition) is 1. The molecule has 90 valence electrons. The van der Waals surface area contributed by atoms with Crippen LogP contribution in [0.3, 0.4) is 0 Å². The van der Waals surface area contributed by atoms with Gasteiger partial charge in [0.15, 0.2) is 0 Å². The van der Waals surface area contributed by atoms with Gasteiger partial charge in [-0.15, -0.1) is 0 Å². The molecule has 0 bridgehead atoms. The van der Waals surface area contributed by atoms with E-state index in [0.717, 1.165) is 17.3 Å². The van der Waals surface area contributed by atoms with Crippen molar-refractivity contribution in [2.75, 3.05) is 6.26 Å². The molecule has 0 saturated heterocycles. The first-order valence-corrected chi connectivity index (χ1v) is 7.87. The maximum absolute atomic E-state index is 3.86. The van der Waals surface area contributed by atoms with Crippen LogP contribution in [0.1, 0.15) is 58.8 Å². The Morgan fingerprint density at radius 3 is 2.73 bits per heavy atom. The smallest absolute Gasteiger partial charge is 0.00801 e. The van der Waals surface area contributed by atoms with Crippen LogP contribution in [0.15, 0.2) is 0 Å². The van der Waals surface area contributed by atoms with Crippen LogP contribution < -0.4 is 5.32 Å². The Labute approximate surface area is 99.8 Å². The second-order valence-corrected chi connectivity index (χ2v) is 5.92. The van der Waals surface area contributed by atoms with Gasteiger partial charge in [0, 0.05) is 17.3 Å². The first kappa shape index (κ1) is 13.4. The van der Waals surface area contributed by atoms with Gasteiger partial charge in [-0.25, -0.2) is 0 Å². The quantitative estimate of drug-likeness (QED) is 0.743. The van der Waals surface area contributed by atoms with Crippen molar-refractivity contribution in [3.8, 4) is 0 Å². The van der Waals surface area contributed by atoms with E-state index in [1.807, 2.05) is 0 Å². The topological polar surface area (TPSA) is 12.0 Å². The van der Waals surface area contributed by atoms with E-state index >= 15 is 0 Å². The fraction of sp³-hybridized carbons (Fsp3) is 1.00. The van der Waals surface area contributed by atoms with Crippen LogP contribution >= 0.6 is 11.8 Å². The Balaban J connectivity index is 2.29.